The molecule has 0 aromatic heterocycles. The molecule has 0 N–H and O–H groups in total. The number of phosphoric ester groups is 1. The summed E-state index contributed by atoms with van der Waals surface area (Å²) >= 11 is 10.7. The minimum Gasteiger partial charge on any atom is -0.466 e. The van der Waals surface area contributed by atoms with Gasteiger partial charge in [-0.25, -0.2) is 4.57 Å². The molecule has 0 aliphatic carbocycles. The van der Waals surface area contributed by atoms with Gasteiger partial charge in [-0.3, -0.25) is 13.8 Å². The monoisotopic (exact) mass is 390 g/mol. The normalized spacial score (nSPS) is 13.2. The Bertz CT molecular complexity index is 399. The number of hydrogen-bond acceptors (Lipinski definition) is 6. The summed E-state index contributed by atoms with van der Waals surface area (Å²) in [6, 6.07) is 0. The van der Waals surface area contributed by atoms with Crippen molar-refractivity contribution in [3.8, 4) is 0 Å². The quantitative estimate of drug-likeness (QED) is 0.172. The highest BCUT2D eigenvalue weighted by molar-refractivity contribution is 7.48. The van der Waals surface area contributed by atoms with Gasteiger partial charge in [-0.15, -0.1) is 0 Å². The Morgan fingerprint density at radius 1 is 1.09 bits per heavy atom. The molecule has 0 fully saturated rings. The van der Waals surface area contributed by atoms with Gasteiger partial charge < -0.3 is 9.26 Å². The number of halogens is 2. The average Bonchev–Trinajstić information content (AvgIpc) is 2.52. The number of ether oxygens (including phenoxy) is 1. The fourth-order valence-electron chi connectivity index (χ4n) is 1.61. The van der Waals surface area contributed by atoms with Gasteiger partial charge >= 0.3 is 13.8 Å². The van der Waals surface area contributed by atoms with Crippen molar-refractivity contribution in [2.24, 2.45) is 0 Å². The van der Waals surface area contributed by atoms with Gasteiger partial charge in [0.2, 0.25) is 0 Å². The highest BCUT2D eigenvalue weighted by atomic mass is 35.5. The molecule has 0 saturated heterocycles. The van der Waals surface area contributed by atoms with E-state index in [4.69, 9.17) is 37.0 Å². The molecule has 0 saturated carbocycles. The van der Waals surface area contributed by atoms with Crippen LogP contribution in [-0.2, 0) is 27.7 Å². The van der Waals surface area contributed by atoms with Crippen LogP contribution in [0.3, 0.4) is 0 Å². The van der Waals surface area contributed by atoms with Crippen LogP contribution in [0, 0.1) is 0 Å². The summed E-state index contributed by atoms with van der Waals surface area (Å²) in [6.07, 6.45) is 7.48. The Hall–Kier alpha value is -0.260. The molecule has 9 heteroatoms. The molecule has 6 nitrogen and oxygen atoms in total. The van der Waals surface area contributed by atoms with Crippen LogP contribution < -0.4 is 0 Å². The predicted molar refractivity (Wildman–Crippen MR) is 90.4 cm³/mol. The maximum Gasteiger partial charge on any atom is 0.529 e. The number of carbonyl (C=O) groups excluding carboxylic acids is 1. The van der Waals surface area contributed by atoms with Crippen LogP contribution in [0.5, 0.6) is 0 Å². The second kappa shape index (κ2) is 14.1. The van der Waals surface area contributed by atoms with Gasteiger partial charge in [-0.2, -0.15) is 0 Å². The van der Waals surface area contributed by atoms with E-state index in [-0.39, 0.29) is 17.5 Å². The van der Waals surface area contributed by atoms with Gasteiger partial charge in [0.1, 0.15) is 10.8 Å². The molecule has 0 amide bonds. The van der Waals surface area contributed by atoms with E-state index in [1.807, 2.05) is 0 Å². The van der Waals surface area contributed by atoms with Crippen molar-refractivity contribution in [3.05, 3.63) is 10.8 Å². The molecule has 0 spiro atoms. The number of phosphoric acid groups is 1. The summed E-state index contributed by atoms with van der Waals surface area (Å²) in [5.74, 6) is -0.424. The van der Waals surface area contributed by atoms with E-state index >= 15 is 0 Å². The van der Waals surface area contributed by atoms with E-state index in [1.54, 1.807) is 0 Å². The highest BCUT2D eigenvalue weighted by Gasteiger charge is 2.25. The number of hydrogen-bond donors (Lipinski definition) is 0. The topological polar surface area (TPSA) is 71.1 Å². The molecule has 0 rings (SSSR count). The van der Waals surface area contributed by atoms with E-state index in [9.17, 15) is 9.36 Å². The minimum absolute atomic E-state index is 0.0507. The third kappa shape index (κ3) is 13.8. The van der Waals surface area contributed by atoms with Gasteiger partial charge in [0.15, 0.2) is 0 Å². The van der Waals surface area contributed by atoms with Crippen LogP contribution >= 0.6 is 31.0 Å². The van der Waals surface area contributed by atoms with Gasteiger partial charge in [0.05, 0.1) is 19.6 Å². The smallest absolute Gasteiger partial charge is 0.466 e. The minimum atomic E-state index is -3.81. The molecule has 136 valence electrons. The molecule has 0 aliphatic rings. The largest absolute Gasteiger partial charge is 0.529 e. The lowest BCUT2D eigenvalue weighted by molar-refractivity contribution is -0.144. The molecule has 0 heterocycles. The second-order valence-electron chi connectivity index (χ2n) is 4.71. The van der Waals surface area contributed by atoms with Crippen LogP contribution in [0.15, 0.2) is 10.8 Å². The lowest BCUT2D eigenvalue weighted by atomic mass is 10.1. The number of carbonyl (C=O) groups is 1. The zero-order valence-electron chi connectivity index (χ0n) is 13.6. The third-order valence-electron chi connectivity index (χ3n) is 2.81. The Kier molecular flexibility index (Phi) is 14.0. The highest BCUT2D eigenvalue weighted by Crippen LogP contribution is 2.49. The van der Waals surface area contributed by atoms with E-state index in [1.165, 1.54) is 19.3 Å². The van der Waals surface area contributed by atoms with Crippen LogP contribution in [0.4, 0.5) is 0 Å². The van der Waals surface area contributed by atoms with Gasteiger partial charge in [-0.05, 0) is 6.42 Å². The SMILES string of the molecule is CCCCCCCCOC(=O)CCOP(=O)(OC)OC=C(Cl)Cl. The molecule has 0 aromatic rings. The zero-order chi connectivity index (χ0) is 17.6. The van der Waals surface area contributed by atoms with Crippen molar-refractivity contribution in [1.82, 2.24) is 0 Å². The third-order valence-corrected chi connectivity index (χ3v) is 4.30. The Morgan fingerprint density at radius 3 is 2.35 bits per heavy atom. The van der Waals surface area contributed by atoms with Crippen molar-refractivity contribution in [2.45, 2.75) is 51.9 Å². The van der Waals surface area contributed by atoms with Crippen molar-refractivity contribution < 1.29 is 27.7 Å². The first-order chi connectivity index (χ1) is 10.9. The number of unbranched alkanes of at least 4 members (excludes halogenated alkanes) is 5. The molecule has 1 unspecified atom stereocenters. The predicted octanol–water partition coefficient (Wildman–Crippen LogP) is 5.34. The Morgan fingerprint density at radius 2 is 1.74 bits per heavy atom. The first-order valence-corrected chi connectivity index (χ1v) is 9.80. The van der Waals surface area contributed by atoms with Crippen molar-refractivity contribution >= 4 is 37.0 Å². The number of esters is 1. The van der Waals surface area contributed by atoms with Gasteiger partial charge in [-0.1, -0.05) is 62.2 Å². The lowest BCUT2D eigenvalue weighted by Crippen LogP contribution is -2.09. The fraction of sp³-hybridized carbons (Fsp3) is 0.786. The molecule has 1 atom stereocenters. The van der Waals surface area contributed by atoms with Gasteiger partial charge in [0, 0.05) is 7.11 Å². The first-order valence-electron chi connectivity index (χ1n) is 7.59. The van der Waals surface area contributed by atoms with Crippen molar-refractivity contribution in [1.29, 1.82) is 0 Å². The summed E-state index contributed by atoms with van der Waals surface area (Å²) in [5.41, 5.74) is 0. The summed E-state index contributed by atoms with van der Waals surface area (Å²) in [6.45, 7) is 2.39. The van der Waals surface area contributed by atoms with Crippen LogP contribution in [0.25, 0.3) is 0 Å². The van der Waals surface area contributed by atoms with Crippen LogP contribution in [-0.4, -0.2) is 26.3 Å². The summed E-state index contributed by atoms with van der Waals surface area (Å²) in [4.78, 5) is 11.5. The molecular formula is C14H25Cl2O6P. The summed E-state index contributed by atoms with van der Waals surface area (Å²) in [7, 11) is -2.66. The molecule has 0 aliphatic heterocycles. The molecule has 0 bridgehead atoms. The van der Waals surface area contributed by atoms with Crippen molar-refractivity contribution in [2.75, 3.05) is 20.3 Å². The van der Waals surface area contributed by atoms with E-state index < -0.39 is 13.8 Å². The van der Waals surface area contributed by atoms with Gasteiger partial charge in [0.25, 0.3) is 0 Å². The summed E-state index contributed by atoms with van der Waals surface area (Å²) in [5, 5.41) is 0. The Labute approximate surface area is 148 Å². The van der Waals surface area contributed by atoms with Crippen molar-refractivity contribution in [3.63, 3.8) is 0 Å². The van der Waals surface area contributed by atoms with Crippen LogP contribution in [0.1, 0.15) is 51.9 Å². The Balaban J connectivity index is 3.76. The first kappa shape index (κ1) is 22.7. The fourth-order valence-corrected chi connectivity index (χ4v) is 2.63. The average molecular weight is 391 g/mol. The molecule has 23 heavy (non-hydrogen) atoms. The van der Waals surface area contributed by atoms with E-state index in [2.05, 4.69) is 11.4 Å². The molecular weight excluding hydrogens is 366 g/mol. The van der Waals surface area contributed by atoms with E-state index in [0.717, 1.165) is 32.6 Å². The van der Waals surface area contributed by atoms with E-state index in [0.29, 0.717) is 6.61 Å². The standard InChI is InChI=1S/C14H25Cl2O6P/c1-3-4-5-6-7-8-10-20-14(17)9-11-21-23(18,19-2)22-12-13(15)16/h12H,3-11H2,1-2H3. The maximum absolute atomic E-state index is 11.9. The van der Waals surface area contributed by atoms with Crippen LogP contribution in [0.2, 0.25) is 0 Å². The zero-order valence-corrected chi connectivity index (χ0v) is 16.0. The number of rotatable bonds is 14. The second-order valence-corrected chi connectivity index (χ2v) is 7.45. The maximum atomic E-state index is 11.9. The molecule has 0 radical (unpaired) electrons. The lowest BCUT2D eigenvalue weighted by Gasteiger charge is -2.13. The molecule has 0 aromatic carbocycles. The summed E-state index contributed by atoms with van der Waals surface area (Å²) < 4.78 is 30.9.